The standard InChI is InChI=1S/C23H27N3O4/c1-14(2)26(23(27)18-8-7-15(3)16(4)11-18)13-21-24-22(25-30-21)17-9-10-19(28-5)20(12-17)29-6/h7-12,14H,13H2,1-6H3. The Hall–Kier alpha value is -3.35. The van der Waals surface area contributed by atoms with E-state index in [4.69, 9.17) is 14.0 Å². The fourth-order valence-corrected chi connectivity index (χ4v) is 3.09. The molecule has 0 spiro atoms. The molecule has 3 rings (SSSR count). The zero-order valence-electron chi connectivity index (χ0n) is 18.2. The van der Waals surface area contributed by atoms with Crippen molar-refractivity contribution in [1.29, 1.82) is 0 Å². The minimum absolute atomic E-state index is 0.0319. The zero-order chi connectivity index (χ0) is 21.8. The summed E-state index contributed by atoms with van der Waals surface area (Å²) < 4.78 is 16.0. The molecule has 3 aromatic rings. The monoisotopic (exact) mass is 409 g/mol. The van der Waals surface area contributed by atoms with E-state index in [1.807, 2.05) is 52.0 Å². The normalized spacial score (nSPS) is 10.9. The first kappa shape index (κ1) is 21.4. The summed E-state index contributed by atoms with van der Waals surface area (Å²) in [6, 6.07) is 11.1. The summed E-state index contributed by atoms with van der Waals surface area (Å²) in [7, 11) is 3.15. The smallest absolute Gasteiger partial charge is 0.254 e. The average Bonchev–Trinajstić information content (AvgIpc) is 3.21. The molecule has 158 valence electrons. The van der Waals surface area contributed by atoms with Crippen molar-refractivity contribution in [3.63, 3.8) is 0 Å². The highest BCUT2D eigenvalue weighted by Crippen LogP contribution is 2.31. The average molecular weight is 409 g/mol. The molecule has 0 aliphatic heterocycles. The summed E-state index contributed by atoms with van der Waals surface area (Å²) in [6.45, 7) is 8.18. The second-order valence-corrected chi connectivity index (χ2v) is 7.41. The molecule has 0 aliphatic carbocycles. The van der Waals surface area contributed by atoms with Crippen LogP contribution in [0.3, 0.4) is 0 Å². The lowest BCUT2D eigenvalue weighted by Crippen LogP contribution is -2.36. The van der Waals surface area contributed by atoms with Crippen LogP contribution in [0.15, 0.2) is 40.9 Å². The molecule has 30 heavy (non-hydrogen) atoms. The molecule has 0 atom stereocenters. The number of benzene rings is 2. The number of carbonyl (C=O) groups excluding carboxylic acids is 1. The summed E-state index contributed by atoms with van der Waals surface area (Å²) in [5.74, 6) is 1.92. The Morgan fingerprint density at radius 3 is 2.40 bits per heavy atom. The van der Waals surface area contributed by atoms with E-state index in [1.165, 1.54) is 0 Å². The number of hydrogen-bond donors (Lipinski definition) is 0. The minimum Gasteiger partial charge on any atom is -0.493 e. The zero-order valence-corrected chi connectivity index (χ0v) is 18.2. The lowest BCUT2D eigenvalue weighted by Gasteiger charge is -2.25. The fraction of sp³-hybridized carbons (Fsp3) is 0.348. The molecule has 1 aromatic heterocycles. The van der Waals surface area contributed by atoms with Gasteiger partial charge in [0.1, 0.15) is 6.54 Å². The van der Waals surface area contributed by atoms with Crippen LogP contribution in [0.2, 0.25) is 0 Å². The first-order valence-corrected chi connectivity index (χ1v) is 9.77. The van der Waals surface area contributed by atoms with E-state index in [-0.39, 0.29) is 18.5 Å². The van der Waals surface area contributed by atoms with Gasteiger partial charge in [0.2, 0.25) is 11.7 Å². The van der Waals surface area contributed by atoms with Crippen LogP contribution in [-0.2, 0) is 6.54 Å². The molecular weight excluding hydrogens is 382 g/mol. The highest BCUT2D eigenvalue weighted by Gasteiger charge is 2.22. The number of hydrogen-bond acceptors (Lipinski definition) is 6. The van der Waals surface area contributed by atoms with Crippen molar-refractivity contribution in [2.24, 2.45) is 0 Å². The van der Waals surface area contributed by atoms with Gasteiger partial charge in [-0.05, 0) is 69.2 Å². The Bertz CT molecular complexity index is 1040. The van der Waals surface area contributed by atoms with E-state index >= 15 is 0 Å². The topological polar surface area (TPSA) is 77.7 Å². The molecule has 0 aliphatic rings. The molecule has 0 fully saturated rings. The SMILES string of the molecule is COc1ccc(-c2noc(CN(C(=O)c3ccc(C)c(C)c3)C(C)C)n2)cc1OC. The predicted molar refractivity (Wildman–Crippen MR) is 114 cm³/mol. The van der Waals surface area contributed by atoms with E-state index < -0.39 is 0 Å². The lowest BCUT2D eigenvalue weighted by molar-refractivity contribution is 0.0667. The Balaban J connectivity index is 1.83. The minimum atomic E-state index is -0.0704. The molecule has 1 heterocycles. The van der Waals surface area contributed by atoms with Crippen molar-refractivity contribution in [2.75, 3.05) is 14.2 Å². The molecule has 0 unspecified atom stereocenters. The number of aromatic nitrogens is 2. The summed E-state index contributed by atoms with van der Waals surface area (Å²) >= 11 is 0. The Morgan fingerprint density at radius 2 is 1.77 bits per heavy atom. The Labute approximate surface area is 176 Å². The van der Waals surface area contributed by atoms with Gasteiger partial charge in [-0.15, -0.1) is 0 Å². The lowest BCUT2D eigenvalue weighted by atomic mass is 10.1. The van der Waals surface area contributed by atoms with Crippen molar-refractivity contribution >= 4 is 5.91 Å². The van der Waals surface area contributed by atoms with Gasteiger partial charge < -0.3 is 18.9 Å². The third-order valence-corrected chi connectivity index (χ3v) is 5.05. The van der Waals surface area contributed by atoms with E-state index in [0.29, 0.717) is 28.8 Å². The van der Waals surface area contributed by atoms with Gasteiger partial charge in [0.05, 0.1) is 14.2 Å². The molecule has 0 saturated carbocycles. The van der Waals surface area contributed by atoms with Crippen LogP contribution in [0.4, 0.5) is 0 Å². The van der Waals surface area contributed by atoms with Crippen LogP contribution in [0, 0.1) is 13.8 Å². The molecule has 0 N–H and O–H groups in total. The highest BCUT2D eigenvalue weighted by molar-refractivity contribution is 5.94. The van der Waals surface area contributed by atoms with Gasteiger partial charge in [0, 0.05) is 17.2 Å². The third-order valence-electron chi connectivity index (χ3n) is 5.05. The Morgan fingerprint density at radius 1 is 1.03 bits per heavy atom. The number of methoxy groups -OCH3 is 2. The number of nitrogens with zero attached hydrogens (tertiary/aromatic N) is 3. The molecular formula is C23H27N3O4. The van der Waals surface area contributed by atoms with Gasteiger partial charge in [0.15, 0.2) is 11.5 Å². The molecule has 7 heteroatoms. The predicted octanol–water partition coefficient (Wildman–Crippen LogP) is 4.42. The highest BCUT2D eigenvalue weighted by atomic mass is 16.5. The van der Waals surface area contributed by atoms with Crippen molar-refractivity contribution in [3.05, 3.63) is 59.0 Å². The van der Waals surface area contributed by atoms with Crippen LogP contribution >= 0.6 is 0 Å². The molecule has 7 nitrogen and oxygen atoms in total. The number of ether oxygens (including phenoxy) is 2. The number of carbonyl (C=O) groups is 1. The van der Waals surface area contributed by atoms with Gasteiger partial charge in [0.25, 0.3) is 5.91 Å². The van der Waals surface area contributed by atoms with Crippen molar-refractivity contribution < 1.29 is 18.8 Å². The molecule has 0 bridgehead atoms. The number of rotatable bonds is 7. The second-order valence-electron chi connectivity index (χ2n) is 7.41. The number of amides is 1. The van der Waals surface area contributed by atoms with Gasteiger partial charge in [-0.2, -0.15) is 4.98 Å². The second kappa shape index (κ2) is 8.98. The van der Waals surface area contributed by atoms with Gasteiger partial charge in [-0.1, -0.05) is 11.2 Å². The third kappa shape index (κ3) is 4.45. The quantitative estimate of drug-likeness (QED) is 0.575. The fourth-order valence-electron chi connectivity index (χ4n) is 3.09. The molecule has 0 radical (unpaired) electrons. The van der Waals surface area contributed by atoms with Crippen molar-refractivity contribution in [1.82, 2.24) is 15.0 Å². The summed E-state index contributed by atoms with van der Waals surface area (Å²) in [4.78, 5) is 19.3. The van der Waals surface area contributed by atoms with Crippen molar-refractivity contribution in [2.45, 2.75) is 40.3 Å². The molecule has 0 saturated heterocycles. The van der Waals surface area contributed by atoms with Crippen LogP contribution in [-0.4, -0.2) is 41.2 Å². The van der Waals surface area contributed by atoms with Crippen LogP contribution in [0.25, 0.3) is 11.4 Å². The maximum Gasteiger partial charge on any atom is 0.254 e. The van der Waals surface area contributed by atoms with E-state index in [1.54, 1.807) is 31.3 Å². The molecule has 2 aromatic carbocycles. The van der Waals surface area contributed by atoms with E-state index in [0.717, 1.165) is 16.7 Å². The van der Waals surface area contributed by atoms with E-state index in [2.05, 4.69) is 10.1 Å². The number of aryl methyl sites for hydroxylation is 2. The first-order chi connectivity index (χ1) is 14.3. The first-order valence-electron chi connectivity index (χ1n) is 9.77. The van der Waals surface area contributed by atoms with Gasteiger partial charge in [-0.3, -0.25) is 4.79 Å². The van der Waals surface area contributed by atoms with E-state index in [9.17, 15) is 4.79 Å². The maximum atomic E-state index is 13.1. The largest absolute Gasteiger partial charge is 0.493 e. The Kier molecular flexibility index (Phi) is 6.40. The van der Waals surface area contributed by atoms with Gasteiger partial charge in [-0.25, -0.2) is 0 Å². The maximum absolute atomic E-state index is 13.1. The van der Waals surface area contributed by atoms with Crippen LogP contribution in [0.1, 0.15) is 41.2 Å². The summed E-state index contributed by atoms with van der Waals surface area (Å²) in [6.07, 6.45) is 0. The van der Waals surface area contributed by atoms with Gasteiger partial charge >= 0.3 is 0 Å². The van der Waals surface area contributed by atoms with Crippen LogP contribution < -0.4 is 9.47 Å². The summed E-state index contributed by atoms with van der Waals surface area (Å²) in [5.41, 5.74) is 3.61. The molecule has 1 amide bonds. The summed E-state index contributed by atoms with van der Waals surface area (Å²) in [5, 5.41) is 4.07. The van der Waals surface area contributed by atoms with Crippen LogP contribution in [0.5, 0.6) is 11.5 Å². The van der Waals surface area contributed by atoms with Crippen molar-refractivity contribution in [3.8, 4) is 22.9 Å².